The number of aromatic nitrogens is 1. The molecule has 0 aliphatic heterocycles. The Labute approximate surface area is 128 Å². The molecular weight excluding hydrogens is 290 g/mol. The fourth-order valence-electron chi connectivity index (χ4n) is 2.11. The Balaban J connectivity index is 1.88. The number of rotatable bonds is 4. The smallest absolute Gasteiger partial charge is 0.319 e. The van der Waals surface area contributed by atoms with Crippen molar-refractivity contribution in [3.8, 4) is 0 Å². The van der Waals surface area contributed by atoms with Crippen LogP contribution in [0.15, 0.2) is 22.7 Å². The highest BCUT2D eigenvalue weighted by atomic mass is 35.5. The number of anilines is 1. The molecule has 21 heavy (non-hydrogen) atoms. The second-order valence-corrected chi connectivity index (χ2v) is 5.27. The summed E-state index contributed by atoms with van der Waals surface area (Å²) < 4.78 is 5.08. The standard InChI is InChI=1S/C15H18ClN3O2/c1-9-5-4-6-13(16)14(9)18-15(20)17-8-7-12-10(2)19-21-11(12)3/h4-6H,7-8H2,1-3H3,(H2,17,18,20). The van der Waals surface area contributed by atoms with Crippen molar-refractivity contribution in [2.45, 2.75) is 27.2 Å². The van der Waals surface area contributed by atoms with E-state index in [1.807, 2.05) is 32.9 Å². The Hall–Kier alpha value is -2.01. The van der Waals surface area contributed by atoms with Gasteiger partial charge in [0.1, 0.15) is 5.76 Å². The third-order valence-electron chi connectivity index (χ3n) is 3.30. The molecule has 5 nitrogen and oxygen atoms in total. The van der Waals surface area contributed by atoms with Crippen LogP contribution in [-0.4, -0.2) is 17.7 Å². The largest absolute Gasteiger partial charge is 0.361 e. The summed E-state index contributed by atoms with van der Waals surface area (Å²) >= 11 is 6.07. The van der Waals surface area contributed by atoms with Crippen LogP contribution >= 0.6 is 11.6 Å². The molecule has 0 atom stereocenters. The normalized spacial score (nSPS) is 10.5. The first kappa shape index (κ1) is 15.4. The van der Waals surface area contributed by atoms with Crippen molar-refractivity contribution in [2.75, 3.05) is 11.9 Å². The summed E-state index contributed by atoms with van der Waals surface area (Å²) in [6.07, 6.45) is 0.677. The molecule has 0 bridgehead atoms. The van der Waals surface area contributed by atoms with Crippen molar-refractivity contribution in [1.82, 2.24) is 10.5 Å². The fraction of sp³-hybridized carbons (Fsp3) is 0.333. The van der Waals surface area contributed by atoms with Crippen molar-refractivity contribution in [3.63, 3.8) is 0 Å². The molecule has 2 amide bonds. The highest BCUT2D eigenvalue weighted by Gasteiger charge is 2.10. The van der Waals surface area contributed by atoms with Gasteiger partial charge in [0.25, 0.3) is 0 Å². The predicted molar refractivity (Wildman–Crippen MR) is 82.9 cm³/mol. The minimum Gasteiger partial charge on any atom is -0.361 e. The Morgan fingerprint density at radius 3 is 2.71 bits per heavy atom. The van der Waals surface area contributed by atoms with Gasteiger partial charge in [0.05, 0.1) is 16.4 Å². The highest BCUT2D eigenvalue weighted by Crippen LogP contribution is 2.24. The van der Waals surface area contributed by atoms with Crippen LogP contribution in [0.5, 0.6) is 0 Å². The van der Waals surface area contributed by atoms with Crippen LogP contribution in [-0.2, 0) is 6.42 Å². The summed E-state index contributed by atoms with van der Waals surface area (Å²) in [5, 5.41) is 9.97. The van der Waals surface area contributed by atoms with Gasteiger partial charge in [-0.05, 0) is 38.8 Å². The lowest BCUT2D eigenvalue weighted by atomic mass is 10.1. The van der Waals surface area contributed by atoms with E-state index < -0.39 is 0 Å². The van der Waals surface area contributed by atoms with E-state index in [9.17, 15) is 4.79 Å². The van der Waals surface area contributed by atoms with Crippen LogP contribution in [0.3, 0.4) is 0 Å². The third kappa shape index (κ3) is 3.76. The van der Waals surface area contributed by atoms with E-state index in [0.717, 1.165) is 22.6 Å². The van der Waals surface area contributed by atoms with E-state index in [0.29, 0.717) is 23.7 Å². The quantitative estimate of drug-likeness (QED) is 0.906. The molecular formula is C15H18ClN3O2. The van der Waals surface area contributed by atoms with Gasteiger partial charge in [-0.3, -0.25) is 0 Å². The minimum absolute atomic E-state index is 0.280. The molecule has 2 N–H and O–H groups in total. The third-order valence-corrected chi connectivity index (χ3v) is 3.62. The van der Waals surface area contributed by atoms with Crippen LogP contribution in [0.1, 0.15) is 22.6 Å². The molecule has 6 heteroatoms. The predicted octanol–water partition coefficient (Wildman–Crippen LogP) is 3.62. The maximum absolute atomic E-state index is 11.9. The SMILES string of the molecule is Cc1cccc(Cl)c1NC(=O)NCCc1c(C)noc1C. The Bertz CT molecular complexity index is 613. The van der Waals surface area contributed by atoms with E-state index in [-0.39, 0.29) is 6.03 Å². The van der Waals surface area contributed by atoms with Gasteiger partial charge in [-0.15, -0.1) is 0 Å². The fourth-order valence-corrected chi connectivity index (χ4v) is 2.38. The number of amides is 2. The van der Waals surface area contributed by atoms with E-state index in [1.165, 1.54) is 0 Å². The second-order valence-electron chi connectivity index (χ2n) is 4.87. The molecule has 0 aliphatic carbocycles. The number of hydrogen-bond donors (Lipinski definition) is 2. The summed E-state index contributed by atoms with van der Waals surface area (Å²) in [7, 11) is 0. The Morgan fingerprint density at radius 1 is 1.33 bits per heavy atom. The Kier molecular flexibility index (Phi) is 4.85. The van der Waals surface area contributed by atoms with Gasteiger partial charge < -0.3 is 15.2 Å². The average Bonchev–Trinajstić information content (AvgIpc) is 2.75. The molecule has 0 fully saturated rings. The molecule has 2 aromatic rings. The first-order chi connectivity index (χ1) is 9.99. The summed E-state index contributed by atoms with van der Waals surface area (Å²) in [5.41, 5.74) is 3.44. The van der Waals surface area contributed by atoms with Gasteiger partial charge in [-0.1, -0.05) is 28.9 Å². The molecule has 0 spiro atoms. The minimum atomic E-state index is -0.280. The molecule has 0 saturated heterocycles. The number of carbonyl (C=O) groups is 1. The van der Waals surface area contributed by atoms with Gasteiger partial charge in [-0.2, -0.15) is 0 Å². The zero-order valence-corrected chi connectivity index (χ0v) is 13.0. The van der Waals surface area contributed by atoms with Gasteiger partial charge >= 0.3 is 6.03 Å². The summed E-state index contributed by atoms with van der Waals surface area (Å²) in [6.45, 7) is 6.14. The molecule has 1 aromatic carbocycles. The first-order valence-corrected chi connectivity index (χ1v) is 7.08. The Morgan fingerprint density at radius 2 is 2.10 bits per heavy atom. The number of aryl methyl sites for hydroxylation is 3. The van der Waals surface area contributed by atoms with Crippen molar-refractivity contribution in [3.05, 3.63) is 45.8 Å². The van der Waals surface area contributed by atoms with Crippen LogP contribution < -0.4 is 10.6 Å². The summed E-state index contributed by atoms with van der Waals surface area (Å²) in [5.74, 6) is 0.789. The van der Waals surface area contributed by atoms with E-state index in [1.54, 1.807) is 6.07 Å². The first-order valence-electron chi connectivity index (χ1n) is 6.70. The maximum atomic E-state index is 11.9. The molecule has 0 saturated carbocycles. The monoisotopic (exact) mass is 307 g/mol. The van der Waals surface area contributed by atoms with Crippen molar-refractivity contribution in [1.29, 1.82) is 0 Å². The number of nitrogens with one attached hydrogen (secondary N) is 2. The lowest BCUT2D eigenvalue weighted by molar-refractivity contribution is 0.252. The zero-order valence-electron chi connectivity index (χ0n) is 12.3. The molecule has 2 rings (SSSR count). The van der Waals surface area contributed by atoms with E-state index in [2.05, 4.69) is 15.8 Å². The van der Waals surface area contributed by atoms with Crippen LogP contribution in [0, 0.1) is 20.8 Å². The lowest BCUT2D eigenvalue weighted by Gasteiger charge is -2.11. The number of hydrogen-bond acceptors (Lipinski definition) is 3. The number of urea groups is 1. The topological polar surface area (TPSA) is 67.2 Å². The van der Waals surface area contributed by atoms with Gasteiger partial charge in [0.15, 0.2) is 0 Å². The lowest BCUT2D eigenvalue weighted by Crippen LogP contribution is -2.31. The van der Waals surface area contributed by atoms with Crippen LogP contribution in [0.4, 0.5) is 10.5 Å². The van der Waals surface area contributed by atoms with Gasteiger partial charge in [0, 0.05) is 12.1 Å². The maximum Gasteiger partial charge on any atom is 0.319 e. The molecule has 0 radical (unpaired) electrons. The van der Waals surface area contributed by atoms with Crippen molar-refractivity contribution < 1.29 is 9.32 Å². The zero-order chi connectivity index (χ0) is 15.4. The van der Waals surface area contributed by atoms with Gasteiger partial charge in [0.2, 0.25) is 0 Å². The van der Waals surface area contributed by atoms with Gasteiger partial charge in [-0.25, -0.2) is 4.79 Å². The molecule has 1 aromatic heterocycles. The van der Waals surface area contributed by atoms with E-state index in [4.69, 9.17) is 16.1 Å². The number of benzene rings is 1. The average molecular weight is 308 g/mol. The van der Waals surface area contributed by atoms with Crippen LogP contribution in [0.2, 0.25) is 5.02 Å². The molecule has 0 aliphatic rings. The highest BCUT2D eigenvalue weighted by molar-refractivity contribution is 6.33. The molecule has 1 heterocycles. The van der Waals surface area contributed by atoms with Crippen molar-refractivity contribution >= 4 is 23.3 Å². The molecule has 112 valence electrons. The van der Waals surface area contributed by atoms with Crippen molar-refractivity contribution in [2.24, 2.45) is 0 Å². The van der Waals surface area contributed by atoms with Crippen LogP contribution in [0.25, 0.3) is 0 Å². The summed E-state index contributed by atoms with van der Waals surface area (Å²) in [6, 6.07) is 5.20. The second kappa shape index (κ2) is 6.63. The number of para-hydroxylation sites is 1. The summed E-state index contributed by atoms with van der Waals surface area (Å²) in [4.78, 5) is 11.9. The van der Waals surface area contributed by atoms with E-state index >= 15 is 0 Å². The number of halogens is 1. The number of carbonyl (C=O) groups excluding carboxylic acids is 1. The number of nitrogens with zero attached hydrogens (tertiary/aromatic N) is 1. The molecule has 0 unspecified atom stereocenters.